The molecule has 0 saturated carbocycles. The molecule has 0 spiro atoms. The third-order valence-electron chi connectivity index (χ3n) is 11.3. The van der Waals surface area contributed by atoms with Gasteiger partial charge in [-0.3, -0.25) is 4.79 Å². The number of carbonyl (C=O) groups excluding carboxylic acids is 1. The predicted molar refractivity (Wildman–Crippen MR) is 253 cm³/mol. The van der Waals surface area contributed by atoms with Crippen LogP contribution in [0, 0.1) is 0 Å². The Hall–Kier alpha value is -2.37. The zero-order valence-electron chi connectivity index (χ0n) is 38.6. The van der Waals surface area contributed by atoms with Crippen LogP contribution in [0.1, 0.15) is 194 Å². The highest BCUT2D eigenvalue weighted by molar-refractivity contribution is 5.76. The summed E-state index contributed by atoms with van der Waals surface area (Å²) in [4.78, 5) is 12.8. The smallest absolute Gasteiger partial charge is 0.220 e. The minimum absolute atomic E-state index is 0.190. The normalized spacial score (nSPS) is 21.1. The first kappa shape index (κ1) is 56.6. The van der Waals surface area contributed by atoms with E-state index in [0.29, 0.717) is 6.42 Å². The van der Waals surface area contributed by atoms with E-state index in [-0.39, 0.29) is 12.5 Å². The number of amides is 1. The zero-order chi connectivity index (χ0) is 44.4. The average molecular weight is 858 g/mol. The van der Waals surface area contributed by atoms with E-state index < -0.39 is 49.5 Å². The fourth-order valence-corrected chi connectivity index (χ4v) is 7.37. The van der Waals surface area contributed by atoms with Gasteiger partial charge in [-0.1, -0.05) is 202 Å². The van der Waals surface area contributed by atoms with Crippen molar-refractivity contribution in [3.05, 3.63) is 72.9 Å². The van der Waals surface area contributed by atoms with Crippen LogP contribution < -0.4 is 5.32 Å². The molecule has 0 aromatic carbocycles. The quantitative estimate of drug-likeness (QED) is 0.0264. The molecular formula is C52H91NO8. The fraction of sp³-hybridized carbons (Fsp3) is 0.750. The summed E-state index contributed by atoms with van der Waals surface area (Å²) in [5, 5.41) is 53.4. The van der Waals surface area contributed by atoms with Crippen LogP contribution in [0.15, 0.2) is 72.9 Å². The molecule has 7 unspecified atom stereocenters. The molecule has 0 aromatic rings. The van der Waals surface area contributed by atoms with Crippen LogP contribution in [0.4, 0.5) is 0 Å². The summed E-state index contributed by atoms with van der Waals surface area (Å²) in [6.07, 6.45) is 50.8. The van der Waals surface area contributed by atoms with E-state index in [1.807, 2.05) is 13.0 Å². The number of rotatable bonds is 40. The van der Waals surface area contributed by atoms with E-state index >= 15 is 0 Å². The molecule has 9 nitrogen and oxygen atoms in total. The molecule has 1 amide bonds. The van der Waals surface area contributed by atoms with E-state index in [0.717, 1.165) is 64.2 Å². The third kappa shape index (κ3) is 32.0. The molecule has 61 heavy (non-hydrogen) atoms. The van der Waals surface area contributed by atoms with Crippen molar-refractivity contribution in [1.29, 1.82) is 0 Å². The molecule has 7 atom stereocenters. The maximum Gasteiger partial charge on any atom is 0.220 e. The molecule has 6 N–H and O–H groups in total. The summed E-state index contributed by atoms with van der Waals surface area (Å²) in [7, 11) is 0. The number of aliphatic hydroxyl groups excluding tert-OH is 5. The van der Waals surface area contributed by atoms with Gasteiger partial charge in [-0.05, 0) is 57.8 Å². The van der Waals surface area contributed by atoms with Crippen molar-refractivity contribution < 1.29 is 39.8 Å². The molecule has 0 aromatic heterocycles. The lowest BCUT2D eigenvalue weighted by Gasteiger charge is -2.40. The topological polar surface area (TPSA) is 149 Å². The third-order valence-corrected chi connectivity index (χ3v) is 11.3. The van der Waals surface area contributed by atoms with Gasteiger partial charge in [0.2, 0.25) is 5.91 Å². The van der Waals surface area contributed by atoms with Crippen molar-refractivity contribution in [2.24, 2.45) is 0 Å². The van der Waals surface area contributed by atoms with Crippen LogP contribution in [0.25, 0.3) is 0 Å². The molecule has 0 bridgehead atoms. The molecule has 1 fully saturated rings. The van der Waals surface area contributed by atoms with E-state index in [2.05, 4.69) is 73.0 Å². The number of nitrogens with one attached hydrogen (secondary N) is 1. The Kier molecular flexibility index (Phi) is 38.7. The SMILES string of the molecule is CC/C=C\C/C=C\C/C=C\C/C=C\C/C=C\CCCCCCCCCCCCCCCCCCCCCC(=O)NC(COC1OC(CO)C(O)C(O)C1O)C(O)/C=C/CCC. The van der Waals surface area contributed by atoms with Gasteiger partial charge < -0.3 is 40.3 Å². The Labute approximate surface area is 372 Å². The molecule has 1 heterocycles. The zero-order valence-corrected chi connectivity index (χ0v) is 38.6. The van der Waals surface area contributed by atoms with Crippen LogP contribution >= 0.6 is 0 Å². The van der Waals surface area contributed by atoms with Crippen LogP contribution in [-0.4, -0.2) is 87.5 Å². The highest BCUT2D eigenvalue weighted by Gasteiger charge is 2.44. The number of allylic oxidation sites excluding steroid dienone is 11. The van der Waals surface area contributed by atoms with Crippen LogP contribution in [-0.2, 0) is 14.3 Å². The van der Waals surface area contributed by atoms with Crippen LogP contribution in [0.3, 0.4) is 0 Å². The van der Waals surface area contributed by atoms with E-state index in [9.17, 15) is 30.3 Å². The second-order valence-electron chi connectivity index (χ2n) is 16.9. The first-order valence-electron chi connectivity index (χ1n) is 24.7. The van der Waals surface area contributed by atoms with Crippen LogP contribution in [0.5, 0.6) is 0 Å². The molecule has 352 valence electrons. The van der Waals surface area contributed by atoms with Gasteiger partial charge >= 0.3 is 0 Å². The van der Waals surface area contributed by atoms with Gasteiger partial charge in [-0.2, -0.15) is 0 Å². The van der Waals surface area contributed by atoms with Crippen molar-refractivity contribution in [1.82, 2.24) is 5.32 Å². The molecule has 0 aliphatic carbocycles. The first-order valence-corrected chi connectivity index (χ1v) is 24.7. The van der Waals surface area contributed by atoms with Gasteiger partial charge in [0.1, 0.15) is 24.4 Å². The lowest BCUT2D eigenvalue weighted by atomic mass is 9.99. The fourth-order valence-electron chi connectivity index (χ4n) is 7.37. The number of hydrogen-bond donors (Lipinski definition) is 6. The monoisotopic (exact) mass is 858 g/mol. The minimum atomic E-state index is -1.56. The number of aliphatic hydroxyl groups is 5. The summed E-state index contributed by atoms with van der Waals surface area (Å²) in [5.41, 5.74) is 0. The molecule has 1 rings (SSSR count). The largest absolute Gasteiger partial charge is 0.394 e. The van der Waals surface area contributed by atoms with E-state index in [1.165, 1.54) is 109 Å². The molecule has 0 radical (unpaired) electrons. The summed E-state index contributed by atoms with van der Waals surface area (Å²) in [6.45, 7) is 3.43. The number of ether oxygens (including phenoxy) is 2. The van der Waals surface area contributed by atoms with Crippen molar-refractivity contribution in [3.63, 3.8) is 0 Å². The summed E-state index contributed by atoms with van der Waals surface area (Å²) in [6, 6.07) is -0.801. The van der Waals surface area contributed by atoms with Gasteiger partial charge in [-0.25, -0.2) is 0 Å². The highest BCUT2D eigenvalue weighted by Crippen LogP contribution is 2.22. The summed E-state index contributed by atoms with van der Waals surface area (Å²) >= 11 is 0. The van der Waals surface area contributed by atoms with Gasteiger partial charge in [0.05, 0.1) is 25.4 Å². The van der Waals surface area contributed by atoms with Crippen molar-refractivity contribution in [3.8, 4) is 0 Å². The number of hydrogen-bond acceptors (Lipinski definition) is 8. The maximum absolute atomic E-state index is 12.8. The van der Waals surface area contributed by atoms with Crippen molar-refractivity contribution >= 4 is 5.91 Å². The Morgan fingerprint density at radius 3 is 1.48 bits per heavy atom. The second kappa shape index (κ2) is 41.6. The van der Waals surface area contributed by atoms with Gasteiger partial charge in [0.25, 0.3) is 0 Å². The molecule has 1 aliphatic heterocycles. The van der Waals surface area contributed by atoms with Crippen molar-refractivity contribution in [2.45, 2.75) is 236 Å². The van der Waals surface area contributed by atoms with Crippen molar-refractivity contribution in [2.75, 3.05) is 13.2 Å². The summed E-state index contributed by atoms with van der Waals surface area (Å²) in [5.74, 6) is -0.190. The first-order chi connectivity index (χ1) is 29.8. The Bertz CT molecular complexity index is 1180. The standard InChI is InChI=1S/C52H91NO8/c1-3-5-7-8-9-10-11-12-13-14-15-16-17-18-19-20-21-22-23-24-25-26-27-28-29-30-31-32-33-34-35-36-37-38-40-42-48(56)53-45(46(55)41-39-6-4-2)44-60-52-51(59)50(58)49(57)47(43-54)61-52/h5,7,9-10,12-13,15-16,18-19,39,41,45-47,49-52,54-55,57-59H,3-4,6,8,11,14,17,20-38,40,42-44H2,1-2H3,(H,53,56)/b7-5-,10-9-,13-12-,16-15-,19-18-,41-39+. The van der Waals surface area contributed by atoms with Crippen LogP contribution in [0.2, 0.25) is 0 Å². The molecular weight excluding hydrogens is 767 g/mol. The van der Waals surface area contributed by atoms with Gasteiger partial charge in [0.15, 0.2) is 6.29 Å². The minimum Gasteiger partial charge on any atom is -0.394 e. The lowest BCUT2D eigenvalue weighted by Crippen LogP contribution is -2.60. The second-order valence-corrected chi connectivity index (χ2v) is 16.9. The Balaban J connectivity index is 1.96. The number of carbonyl (C=O) groups is 1. The molecule has 9 heteroatoms. The van der Waals surface area contributed by atoms with Gasteiger partial charge in [-0.15, -0.1) is 0 Å². The molecule has 1 saturated heterocycles. The average Bonchev–Trinajstić information content (AvgIpc) is 3.26. The Morgan fingerprint density at radius 2 is 1.02 bits per heavy atom. The highest BCUT2D eigenvalue weighted by atomic mass is 16.7. The van der Waals surface area contributed by atoms with Gasteiger partial charge in [0, 0.05) is 6.42 Å². The maximum atomic E-state index is 12.8. The van der Waals surface area contributed by atoms with E-state index in [4.69, 9.17) is 9.47 Å². The Morgan fingerprint density at radius 1 is 0.574 bits per heavy atom. The van der Waals surface area contributed by atoms with E-state index in [1.54, 1.807) is 6.08 Å². The summed E-state index contributed by atoms with van der Waals surface area (Å²) < 4.78 is 11.1. The lowest BCUT2D eigenvalue weighted by molar-refractivity contribution is -0.302. The predicted octanol–water partition coefficient (Wildman–Crippen LogP) is 10.9. The number of unbranched alkanes of at least 4 members (excludes halogenated alkanes) is 20. The molecule has 1 aliphatic rings.